The largest absolute Gasteiger partial charge is 0.385 e. The number of methoxy groups -OCH3 is 1. The van der Waals surface area contributed by atoms with Crippen LogP contribution in [-0.4, -0.2) is 64.0 Å². The lowest BCUT2D eigenvalue weighted by Crippen LogP contribution is -2.44. The quantitative estimate of drug-likeness (QED) is 0.311. The van der Waals surface area contributed by atoms with Gasteiger partial charge in [0.25, 0.3) is 11.6 Å². The van der Waals surface area contributed by atoms with E-state index >= 15 is 0 Å². The Morgan fingerprint density at radius 1 is 1.23 bits per heavy atom. The number of hydrogen-bond donors (Lipinski definition) is 0. The number of rotatable bonds is 11. The monoisotopic (exact) mass is 428 g/mol. The van der Waals surface area contributed by atoms with Crippen LogP contribution in [0.3, 0.4) is 0 Å². The molecule has 2 amide bonds. The third-order valence-electron chi connectivity index (χ3n) is 5.41. The number of benzene rings is 1. The van der Waals surface area contributed by atoms with E-state index in [1.54, 1.807) is 7.11 Å². The summed E-state index contributed by atoms with van der Waals surface area (Å²) in [4.78, 5) is 40.0. The van der Waals surface area contributed by atoms with Crippen molar-refractivity contribution in [1.29, 1.82) is 0 Å². The van der Waals surface area contributed by atoms with Crippen molar-refractivity contribution in [3.8, 4) is 0 Å². The van der Waals surface area contributed by atoms with E-state index in [0.29, 0.717) is 31.7 Å². The maximum Gasteiger partial charge on any atom is 0.269 e. The lowest BCUT2D eigenvalue weighted by atomic mass is 10.1. The van der Waals surface area contributed by atoms with E-state index in [1.807, 2.05) is 34.8 Å². The first-order valence-electron chi connectivity index (χ1n) is 10.3. The van der Waals surface area contributed by atoms with Crippen molar-refractivity contribution in [3.05, 3.63) is 64.0 Å². The molecule has 1 heterocycles. The Kier molecular flexibility index (Phi) is 7.41. The summed E-state index contributed by atoms with van der Waals surface area (Å²) < 4.78 is 7.08. The fourth-order valence-corrected chi connectivity index (χ4v) is 3.46. The Morgan fingerprint density at radius 2 is 1.94 bits per heavy atom. The van der Waals surface area contributed by atoms with Gasteiger partial charge in [-0.25, -0.2) is 0 Å². The average molecular weight is 428 g/mol. The van der Waals surface area contributed by atoms with Gasteiger partial charge in [0.2, 0.25) is 5.91 Å². The zero-order valence-corrected chi connectivity index (χ0v) is 17.9. The van der Waals surface area contributed by atoms with Gasteiger partial charge < -0.3 is 19.1 Å². The van der Waals surface area contributed by atoms with Crippen LogP contribution >= 0.6 is 0 Å². The molecule has 0 spiro atoms. The number of hydrogen-bond acceptors (Lipinski definition) is 5. The summed E-state index contributed by atoms with van der Waals surface area (Å²) in [5.41, 5.74) is 1.27. The number of nitrogens with zero attached hydrogens (tertiary/aromatic N) is 4. The summed E-state index contributed by atoms with van der Waals surface area (Å²) in [5.74, 6) is -0.426. The summed E-state index contributed by atoms with van der Waals surface area (Å²) in [7, 11) is 3.53. The summed E-state index contributed by atoms with van der Waals surface area (Å²) >= 11 is 0. The highest BCUT2D eigenvalue weighted by Crippen LogP contribution is 2.28. The van der Waals surface area contributed by atoms with E-state index in [4.69, 9.17) is 4.74 Å². The normalized spacial score (nSPS) is 13.1. The van der Waals surface area contributed by atoms with E-state index in [0.717, 1.165) is 18.5 Å². The molecule has 0 aliphatic heterocycles. The van der Waals surface area contributed by atoms with Crippen LogP contribution in [0.5, 0.6) is 0 Å². The minimum absolute atomic E-state index is 0.0412. The van der Waals surface area contributed by atoms with Crippen LogP contribution in [0.4, 0.5) is 5.69 Å². The van der Waals surface area contributed by atoms with Gasteiger partial charge in [-0.3, -0.25) is 19.7 Å². The molecule has 1 fully saturated rings. The second kappa shape index (κ2) is 10.2. The van der Waals surface area contributed by atoms with E-state index < -0.39 is 4.92 Å². The highest BCUT2D eigenvalue weighted by atomic mass is 16.6. The van der Waals surface area contributed by atoms with Crippen molar-refractivity contribution in [1.82, 2.24) is 14.4 Å². The molecule has 31 heavy (non-hydrogen) atoms. The van der Waals surface area contributed by atoms with Crippen LogP contribution in [0, 0.1) is 10.1 Å². The number of nitro groups is 1. The molecule has 0 unspecified atom stereocenters. The smallest absolute Gasteiger partial charge is 0.269 e. The van der Waals surface area contributed by atoms with Crippen LogP contribution in [0.25, 0.3) is 0 Å². The number of carbonyl (C=O) groups is 2. The maximum atomic E-state index is 13.2. The van der Waals surface area contributed by atoms with Crippen molar-refractivity contribution in [2.24, 2.45) is 7.05 Å². The molecule has 1 aromatic heterocycles. The second-order valence-corrected chi connectivity index (χ2v) is 7.74. The number of aryl methyl sites for hydroxylation is 1. The molecule has 1 aromatic carbocycles. The van der Waals surface area contributed by atoms with Crippen molar-refractivity contribution in [2.45, 2.75) is 31.8 Å². The number of aromatic nitrogens is 1. The first-order chi connectivity index (χ1) is 14.9. The van der Waals surface area contributed by atoms with Gasteiger partial charge in [-0.2, -0.15) is 0 Å². The highest BCUT2D eigenvalue weighted by Gasteiger charge is 2.34. The van der Waals surface area contributed by atoms with E-state index in [9.17, 15) is 19.7 Å². The third-order valence-corrected chi connectivity index (χ3v) is 5.41. The van der Waals surface area contributed by atoms with Crippen LogP contribution in [0.15, 0.2) is 42.6 Å². The topological polar surface area (TPSA) is 97.9 Å². The minimum atomic E-state index is -0.509. The summed E-state index contributed by atoms with van der Waals surface area (Å²) in [6.45, 7) is 1.29. The lowest BCUT2D eigenvalue weighted by Gasteiger charge is -2.28. The first-order valence-corrected chi connectivity index (χ1v) is 10.3. The Bertz CT molecular complexity index is 920. The Hall–Kier alpha value is -3.20. The molecular weight excluding hydrogens is 400 g/mol. The third kappa shape index (κ3) is 5.91. The molecule has 9 heteroatoms. The Balaban J connectivity index is 1.73. The fourth-order valence-electron chi connectivity index (χ4n) is 3.46. The summed E-state index contributed by atoms with van der Waals surface area (Å²) in [6, 6.07) is 9.59. The number of carbonyl (C=O) groups excluding carboxylic acids is 2. The van der Waals surface area contributed by atoms with Crippen LogP contribution in [0.2, 0.25) is 0 Å². The Morgan fingerprint density at radius 3 is 2.48 bits per heavy atom. The molecular formula is C22H28N4O5. The fraction of sp³-hybridized carbons (Fsp3) is 0.455. The molecule has 3 rings (SSSR count). The van der Waals surface area contributed by atoms with Crippen molar-refractivity contribution >= 4 is 17.5 Å². The average Bonchev–Trinajstić information content (AvgIpc) is 3.52. The van der Waals surface area contributed by atoms with Crippen LogP contribution in [-0.2, 0) is 23.1 Å². The predicted octanol–water partition coefficient (Wildman–Crippen LogP) is 2.60. The van der Waals surface area contributed by atoms with Gasteiger partial charge in [-0.05, 0) is 43.5 Å². The molecule has 1 aliphatic carbocycles. The minimum Gasteiger partial charge on any atom is -0.385 e. The summed E-state index contributed by atoms with van der Waals surface area (Å²) in [5, 5.41) is 10.9. The van der Waals surface area contributed by atoms with Gasteiger partial charge in [0.1, 0.15) is 6.54 Å². The van der Waals surface area contributed by atoms with Crippen molar-refractivity contribution in [3.63, 3.8) is 0 Å². The zero-order chi connectivity index (χ0) is 22.4. The van der Waals surface area contributed by atoms with Gasteiger partial charge >= 0.3 is 0 Å². The van der Waals surface area contributed by atoms with E-state index in [2.05, 4.69) is 0 Å². The molecule has 1 saturated carbocycles. The van der Waals surface area contributed by atoms with Crippen LogP contribution < -0.4 is 0 Å². The van der Waals surface area contributed by atoms with Gasteiger partial charge in [0.15, 0.2) is 0 Å². The zero-order valence-electron chi connectivity index (χ0n) is 17.9. The molecule has 166 valence electrons. The molecule has 9 nitrogen and oxygen atoms in total. The van der Waals surface area contributed by atoms with Gasteiger partial charge in [-0.1, -0.05) is 0 Å². The standard InChI is InChI=1S/C22H28N4O5/c1-23-12-3-5-20(23)15-25(18-10-11-18)21(27)16-24(13-4-14-31-2)22(28)17-6-8-19(9-7-17)26(29)30/h3,5-9,12,18H,4,10-11,13-16H2,1-2H3. The maximum absolute atomic E-state index is 13.2. The molecule has 0 radical (unpaired) electrons. The molecule has 0 N–H and O–H groups in total. The van der Waals surface area contributed by atoms with Gasteiger partial charge in [0.05, 0.1) is 11.5 Å². The summed E-state index contributed by atoms with van der Waals surface area (Å²) in [6.07, 6.45) is 4.47. The SMILES string of the molecule is COCCCN(CC(=O)N(Cc1cccn1C)C1CC1)C(=O)c1ccc([N+](=O)[O-])cc1. The second-order valence-electron chi connectivity index (χ2n) is 7.74. The number of nitro benzene ring substituents is 1. The van der Waals surface area contributed by atoms with E-state index in [-0.39, 0.29) is 30.1 Å². The van der Waals surface area contributed by atoms with Crippen LogP contribution in [0.1, 0.15) is 35.3 Å². The van der Waals surface area contributed by atoms with Gasteiger partial charge in [-0.15, -0.1) is 0 Å². The molecule has 0 atom stereocenters. The molecule has 1 aliphatic rings. The molecule has 0 bridgehead atoms. The van der Waals surface area contributed by atoms with E-state index in [1.165, 1.54) is 29.2 Å². The first kappa shape index (κ1) is 22.5. The number of ether oxygens (including phenoxy) is 1. The Labute approximate surface area is 181 Å². The van der Waals surface area contributed by atoms with Crippen molar-refractivity contribution < 1.29 is 19.2 Å². The number of non-ortho nitro benzene ring substituents is 1. The predicted molar refractivity (Wildman–Crippen MR) is 114 cm³/mol. The van der Waals surface area contributed by atoms with Gasteiger partial charge in [0, 0.05) is 62.9 Å². The lowest BCUT2D eigenvalue weighted by molar-refractivity contribution is -0.384. The molecule has 0 saturated heterocycles. The van der Waals surface area contributed by atoms with Crippen molar-refractivity contribution in [2.75, 3.05) is 26.8 Å². The molecule has 2 aromatic rings. The number of amides is 2. The highest BCUT2D eigenvalue weighted by molar-refractivity contribution is 5.96.